The Balaban J connectivity index is 2.08. The summed E-state index contributed by atoms with van der Waals surface area (Å²) in [6, 6.07) is 2.50. The smallest absolute Gasteiger partial charge is 0.312 e. The summed E-state index contributed by atoms with van der Waals surface area (Å²) in [5.74, 6) is -2.92. The second-order valence-electron chi connectivity index (χ2n) is 4.47. The molecule has 0 N–H and O–H groups in total. The molecular formula is C12H10FNO6S. The molecule has 0 aliphatic carbocycles. The van der Waals surface area contributed by atoms with E-state index in [9.17, 15) is 27.7 Å². The number of nitro groups is 1. The van der Waals surface area contributed by atoms with Crippen molar-refractivity contribution in [3.63, 3.8) is 0 Å². The predicted octanol–water partition coefficient (Wildman–Crippen LogP) is 1.59. The molecule has 1 aromatic rings. The lowest BCUT2D eigenvalue weighted by Gasteiger charge is -2.07. The second kappa shape index (κ2) is 5.60. The van der Waals surface area contributed by atoms with Gasteiger partial charge in [-0.15, -0.1) is 0 Å². The summed E-state index contributed by atoms with van der Waals surface area (Å²) in [5, 5.41) is 11.8. The van der Waals surface area contributed by atoms with E-state index in [2.05, 4.69) is 0 Å². The van der Waals surface area contributed by atoms with E-state index in [4.69, 9.17) is 4.74 Å². The maximum atomic E-state index is 13.1. The van der Waals surface area contributed by atoms with Crippen molar-refractivity contribution in [3.8, 4) is 5.75 Å². The zero-order valence-electron chi connectivity index (χ0n) is 10.6. The number of carbonyl (C=O) groups is 1. The molecule has 0 unspecified atom stereocenters. The molecule has 1 aliphatic heterocycles. The summed E-state index contributed by atoms with van der Waals surface area (Å²) >= 11 is 0. The van der Waals surface area contributed by atoms with Crippen molar-refractivity contribution in [2.75, 3.05) is 5.75 Å². The van der Waals surface area contributed by atoms with Crippen LogP contribution in [0.25, 0.3) is 0 Å². The Labute approximate surface area is 119 Å². The van der Waals surface area contributed by atoms with E-state index in [0.29, 0.717) is 0 Å². The minimum atomic E-state index is -3.30. The molecule has 0 saturated heterocycles. The van der Waals surface area contributed by atoms with Crippen LogP contribution < -0.4 is 4.74 Å². The number of hydrogen-bond acceptors (Lipinski definition) is 6. The van der Waals surface area contributed by atoms with E-state index in [1.54, 1.807) is 0 Å². The van der Waals surface area contributed by atoms with Crippen LogP contribution in [0.2, 0.25) is 0 Å². The van der Waals surface area contributed by atoms with Gasteiger partial charge in [0.1, 0.15) is 5.82 Å². The highest BCUT2D eigenvalue weighted by atomic mass is 32.2. The third-order valence-electron chi connectivity index (χ3n) is 2.78. The molecular weight excluding hydrogens is 305 g/mol. The summed E-state index contributed by atoms with van der Waals surface area (Å²) in [6.07, 6.45) is 1.10. The van der Waals surface area contributed by atoms with E-state index in [0.717, 1.165) is 23.6 Å². The molecule has 7 nitrogen and oxygen atoms in total. The van der Waals surface area contributed by atoms with Crippen LogP contribution in [0, 0.1) is 21.8 Å². The highest BCUT2D eigenvalue weighted by Crippen LogP contribution is 2.28. The van der Waals surface area contributed by atoms with Gasteiger partial charge in [-0.25, -0.2) is 12.8 Å². The van der Waals surface area contributed by atoms with Gasteiger partial charge in [-0.05, 0) is 6.07 Å². The number of hydrogen-bond donors (Lipinski definition) is 0. The topological polar surface area (TPSA) is 104 Å². The van der Waals surface area contributed by atoms with Crippen LogP contribution in [0.15, 0.2) is 29.7 Å². The number of benzene rings is 1. The summed E-state index contributed by atoms with van der Waals surface area (Å²) in [4.78, 5) is 21.6. The Hall–Kier alpha value is -2.29. The lowest BCUT2D eigenvalue weighted by molar-refractivity contribution is -0.385. The normalized spacial score (nSPS) is 19.4. The van der Waals surface area contributed by atoms with Gasteiger partial charge in [0.25, 0.3) is 0 Å². The fraction of sp³-hybridized carbons (Fsp3) is 0.250. The molecule has 1 aromatic carbocycles. The third-order valence-corrected chi connectivity index (χ3v) is 4.24. The summed E-state index contributed by atoms with van der Waals surface area (Å²) in [6.45, 7) is 0. The highest BCUT2D eigenvalue weighted by molar-refractivity contribution is 7.94. The van der Waals surface area contributed by atoms with Crippen molar-refractivity contribution >= 4 is 21.5 Å². The minimum Gasteiger partial charge on any atom is -0.419 e. The number of nitro benzene ring substituents is 1. The van der Waals surface area contributed by atoms with E-state index in [1.165, 1.54) is 6.08 Å². The largest absolute Gasteiger partial charge is 0.419 e. The van der Waals surface area contributed by atoms with Crippen LogP contribution in [0.4, 0.5) is 10.1 Å². The SMILES string of the molecule is O=C(C[C@H]1C=CS(=O)(=O)C1)Oc1cc(F)ccc1[N+](=O)[O-]. The van der Waals surface area contributed by atoms with Gasteiger partial charge in [0.15, 0.2) is 9.84 Å². The van der Waals surface area contributed by atoms with Gasteiger partial charge in [-0.2, -0.15) is 0 Å². The fourth-order valence-corrected chi connectivity index (χ4v) is 3.26. The van der Waals surface area contributed by atoms with E-state index in [-0.39, 0.29) is 12.2 Å². The zero-order valence-corrected chi connectivity index (χ0v) is 11.4. The first-order chi connectivity index (χ1) is 9.77. The Kier molecular flexibility index (Phi) is 4.03. The van der Waals surface area contributed by atoms with Crippen LogP contribution in [-0.4, -0.2) is 25.1 Å². The Morgan fingerprint density at radius 1 is 1.48 bits per heavy atom. The van der Waals surface area contributed by atoms with Crippen LogP contribution in [0.1, 0.15) is 6.42 Å². The molecule has 0 aromatic heterocycles. The zero-order chi connectivity index (χ0) is 15.6. The summed E-state index contributed by atoms with van der Waals surface area (Å²) in [7, 11) is -3.30. The van der Waals surface area contributed by atoms with Crippen molar-refractivity contribution in [1.82, 2.24) is 0 Å². The van der Waals surface area contributed by atoms with Crippen molar-refractivity contribution in [2.24, 2.45) is 5.92 Å². The number of rotatable bonds is 4. The van der Waals surface area contributed by atoms with E-state index in [1.807, 2.05) is 0 Å². The number of sulfone groups is 1. The van der Waals surface area contributed by atoms with Crippen molar-refractivity contribution in [1.29, 1.82) is 0 Å². The summed E-state index contributed by atoms with van der Waals surface area (Å²) < 4.78 is 40.2. The Morgan fingerprint density at radius 2 is 2.19 bits per heavy atom. The number of carbonyl (C=O) groups excluding carboxylic acids is 1. The van der Waals surface area contributed by atoms with Gasteiger partial charge >= 0.3 is 11.7 Å². The van der Waals surface area contributed by atoms with E-state index < -0.39 is 43.9 Å². The first-order valence-electron chi connectivity index (χ1n) is 5.82. The number of nitrogens with zero attached hydrogens (tertiary/aromatic N) is 1. The standard InChI is InChI=1S/C12H10FNO6S/c13-9-1-2-10(14(16)17)11(6-9)20-12(15)5-8-3-4-21(18,19)7-8/h1-4,6,8H,5,7H2/t8-/m1/s1. The Morgan fingerprint density at radius 3 is 2.76 bits per heavy atom. The van der Waals surface area contributed by atoms with Crippen molar-refractivity contribution < 1.29 is 27.3 Å². The maximum Gasteiger partial charge on any atom is 0.312 e. The highest BCUT2D eigenvalue weighted by Gasteiger charge is 2.26. The van der Waals surface area contributed by atoms with E-state index >= 15 is 0 Å². The molecule has 21 heavy (non-hydrogen) atoms. The molecule has 1 aliphatic rings. The third kappa shape index (κ3) is 3.85. The molecule has 0 spiro atoms. The van der Waals surface area contributed by atoms with Crippen molar-refractivity contribution in [2.45, 2.75) is 6.42 Å². The van der Waals surface area contributed by atoms with Gasteiger partial charge < -0.3 is 4.74 Å². The Bertz CT molecular complexity index is 727. The molecule has 9 heteroatoms. The molecule has 0 bridgehead atoms. The van der Waals surface area contributed by atoms with Crippen LogP contribution in [0.5, 0.6) is 5.75 Å². The van der Waals surface area contributed by atoms with Gasteiger partial charge in [0.05, 0.1) is 17.1 Å². The molecule has 1 heterocycles. The van der Waals surface area contributed by atoms with Crippen LogP contribution in [-0.2, 0) is 14.6 Å². The molecule has 2 rings (SSSR count). The lowest BCUT2D eigenvalue weighted by atomic mass is 10.1. The number of ether oxygens (including phenoxy) is 1. The minimum absolute atomic E-state index is 0.215. The molecule has 0 saturated carbocycles. The fourth-order valence-electron chi connectivity index (χ4n) is 1.87. The van der Waals surface area contributed by atoms with Gasteiger partial charge in [-0.1, -0.05) is 6.08 Å². The number of halogens is 1. The molecule has 0 fully saturated rings. The van der Waals surface area contributed by atoms with Crippen LogP contribution >= 0.6 is 0 Å². The van der Waals surface area contributed by atoms with Gasteiger partial charge in [0.2, 0.25) is 5.75 Å². The molecule has 0 amide bonds. The maximum absolute atomic E-state index is 13.1. The second-order valence-corrected chi connectivity index (χ2v) is 6.40. The monoisotopic (exact) mass is 315 g/mol. The first-order valence-corrected chi connectivity index (χ1v) is 7.54. The number of allylic oxidation sites excluding steroid dienone is 1. The molecule has 1 atom stereocenters. The average molecular weight is 315 g/mol. The van der Waals surface area contributed by atoms with Gasteiger partial charge in [0, 0.05) is 23.5 Å². The first kappa shape index (κ1) is 15.1. The molecule has 112 valence electrons. The molecule has 0 radical (unpaired) electrons. The van der Waals surface area contributed by atoms with Crippen molar-refractivity contribution in [3.05, 3.63) is 45.6 Å². The van der Waals surface area contributed by atoms with Gasteiger partial charge in [-0.3, -0.25) is 14.9 Å². The number of esters is 1. The predicted molar refractivity (Wildman–Crippen MR) is 69.7 cm³/mol. The lowest BCUT2D eigenvalue weighted by Crippen LogP contribution is -2.16. The van der Waals surface area contributed by atoms with Crippen LogP contribution in [0.3, 0.4) is 0 Å². The average Bonchev–Trinajstić information content (AvgIpc) is 2.67. The summed E-state index contributed by atoms with van der Waals surface area (Å²) in [5.41, 5.74) is -0.542. The quantitative estimate of drug-likeness (QED) is 0.362.